The van der Waals surface area contributed by atoms with E-state index in [4.69, 9.17) is 0 Å². The van der Waals surface area contributed by atoms with Gasteiger partial charge in [-0.1, -0.05) is 31.1 Å². The summed E-state index contributed by atoms with van der Waals surface area (Å²) in [6.45, 7) is 8.17. The Kier molecular flexibility index (Phi) is 4.31. The predicted octanol–water partition coefficient (Wildman–Crippen LogP) is 3.36. The van der Waals surface area contributed by atoms with E-state index >= 15 is 0 Å². The van der Waals surface area contributed by atoms with Crippen LogP contribution in [0.15, 0.2) is 0 Å². The van der Waals surface area contributed by atoms with Gasteiger partial charge in [-0.3, -0.25) is 9.69 Å². The SMILES string of the molecule is CCNc1nc(C)c(C(=O)N2C[C@@H]3C[C@@]4(C)[C@H](CCCC[C@@H]24)N3C)s1. The Hall–Kier alpha value is -1.14. The van der Waals surface area contributed by atoms with E-state index in [-0.39, 0.29) is 11.3 Å². The molecule has 4 atom stereocenters. The van der Waals surface area contributed by atoms with Crippen LogP contribution in [-0.4, -0.2) is 59.0 Å². The molecule has 5 nitrogen and oxygen atoms in total. The Bertz CT molecular complexity index is 674. The van der Waals surface area contributed by atoms with Gasteiger partial charge in [0.15, 0.2) is 5.13 Å². The molecule has 1 aromatic rings. The van der Waals surface area contributed by atoms with Crippen molar-refractivity contribution in [2.45, 2.75) is 71.0 Å². The summed E-state index contributed by atoms with van der Waals surface area (Å²) in [5.74, 6) is 0.205. The number of nitrogens with one attached hydrogen (secondary N) is 1. The second-order valence-corrected chi connectivity index (χ2v) is 9.27. The monoisotopic (exact) mass is 362 g/mol. The standard InChI is InChI=1S/C19H30N4OS/c1-5-20-18-21-12(2)16(25-18)17(24)23-11-13-10-19(3)14(22(13)4)8-6-7-9-15(19)23/h13-15H,5-11H2,1-4H3,(H,20,21)/t13-,14-,15+,19-/m0/s1. The number of carbonyl (C=O) groups is 1. The van der Waals surface area contributed by atoms with E-state index in [0.29, 0.717) is 18.1 Å². The van der Waals surface area contributed by atoms with E-state index in [1.165, 1.54) is 37.0 Å². The van der Waals surface area contributed by atoms with Crippen molar-refractivity contribution in [1.82, 2.24) is 14.8 Å². The van der Waals surface area contributed by atoms with Crippen LogP contribution in [-0.2, 0) is 0 Å². The number of likely N-dealkylation sites (N-methyl/N-ethyl adjacent to an activating group) is 1. The molecule has 0 aromatic carbocycles. The first kappa shape index (κ1) is 17.3. The summed E-state index contributed by atoms with van der Waals surface area (Å²) in [4.78, 5) is 23.6. The molecule has 1 aliphatic carbocycles. The van der Waals surface area contributed by atoms with Gasteiger partial charge >= 0.3 is 0 Å². The maximum Gasteiger partial charge on any atom is 0.266 e. The highest BCUT2D eigenvalue weighted by Crippen LogP contribution is 2.53. The summed E-state index contributed by atoms with van der Waals surface area (Å²) >= 11 is 1.52. The van der Waals surface area contributed by atoms with Crippen LogP contribution >= 0.6 is 11.3 Å². The first-order valence-electron chi connectivity index (χ1n) is 9.70. The highest BCUT2D eigenvalue weighted by Gasteiger charge is 2.58. The zero-order valence-electron chi connectivity index (χ0n) is 15.8. The van der Waals surface area contributed by atoms with Crippen molar-refractivity contribution in [2.24, 2.45) is 5.41 Å². The number of aryl methyl sites for hydroxylation is 1. The first-order valence-corrected chi connectivity index (χ1v) is 10.5. The quantitative estimate of drug-likeness (QED) is 0.896. The number of carbonyl (C=O) groups excluding carboxylic acids is 1. The average Bonchev–Trinajstić information content (AvgIpc) is 2.95. The number of likely N-dealkylation sites (tertiary alicyclic amines) is 2. The Morgan fingerprint density at radius 3 is 2.80 bits per heavy atom. The maximum atomic E-state index is 13.5. The number of piperidine rings is 1. The molecule has 2 aliphatic heterocycles. The third-order valence-electron chi connectivity index (χ3n) is 6.83. The minimum atomic E-state index is 0.205. The van der Waals surface area contributed by atoms with E-state index in [2.05, 4.69) is 41.0 Å². The smallest absolute Gasteiger partial charge is 0.266 e. The molecule has 1 amide bonds. The van der Waals surface area contributed by atoms with Crippen molar-refractivity contribution < 1.29 is 4.79 Å². The van der Waals surface area contributed by atoms with Gasteiger partial charge in [-0.15, -0.1) is 0 Å². The number of hydrogen-bond donors (Lipinski definition) is 1. The average molecular weight is 363 g/mol. The molecule has 2 bridgehead atoms. The lowest BCUT2D eigenvalue weighted by molar-refractivity contribution is 0.0287. The molecule has 3 aliphatic rings. The Morgan fingerprint density at radius 1 is 1.36 bits per heavy atom. The van der Waals surface area contributed by atoms with Crippen LogP contribution in [0.5, 0.6) is 0 Å². The van der Waals surface area contributed by atoms with Gasteiger partial charge in [0.1, 0.15) is 4.88 Å². The molecule has 4 rings (SSSR count). The zero-order valence-corrected chi connectivity index (χ0v) is 16.7. The van der Waals surface area contributed by atoms with Gasteiger partial charge in [0.25, 0.3) is 5.91 Å². The van der Waals surface area contributed by atoms with Crippen molar-refractivity contribution >= 4 is 22.4 Å². The predicted molar refractivity (Wildman–Crippen MR) is 102 cm³/mol. The van der Waals surface area contributed by atoms with E-state index < -0.39 is 0 Å². The van der Waals surface area contributed by atoms with Crippen LogP contribution in [0.1, 0.15) is 61.3 Å². The van der Waals surface area contributed by atoms with E-state index in [1.807, 2.05) is 6.92 Å². The van der Waals surface area contributed by atoms with Crippen molar-refractivity contribution in [2.75, 3.05) is 25.5 Å². The van der Waals surface area contributed by atoms with E-state index in [0.717, 1.165) is 35.2 Å². The van der Waals surface area contributed by atoms with Crippen LogP contribution in [0.2, 0.25) is 0 Å². The number of anilines is 1. The fraction of sp³-hybridized carbons (Fsp3) is 0.789. The third-order valence-corrected chi connectivity index (χ3v) is 7.94. The highest BCUT2D eigenvalue weighted by molar-refractivity contribution is 7.17. The van der Waals surface area contributed by atoms with Gasteiger partial charge in [0.2, 0.25) is 0 Å². The van der Waals surface area contributed by atoms with Crippen LogP contribution < -0.4 is 5.32 Å². The molecule has 3 heterocycles. The van der Waals surface area contributed by atoms with Crippen LogP contribution in [0.25, 0.3) is 0 Å². The Morgan fingerprint density at radius 2 is 2.08 bits per heavy atom. The minimum Gasteiger partial charge on any atom is -0.362 e. The van der Waals surface area contributed by atoms with Crippen molar-refractivity contribution in [3.63, 3.8) is 0 Å². The number of nitrogens with zero attached hydrogens (tertiary/aromatic N) is 3. The molecule has 6 heteroatoms. The molecular formula is C19H30N4OS. The number of aromatic nitrogens is 1. The van der Waals surface area contributed by atoms with Crippen molar-refractivity contribution in [3.8, 4) is 0 Å². The lowest BCUT2D eigenvalue weighted by Crippen LogP contribution is -2.55. The topological polar surface area (TPSA) is 48.5 Å². The second kappa shape index (κ2) is 6.23. The summed E-state index contributed by atoms with van der Waals surface area (Å²) in [6, 6.07) is 1.51. The van der Waals surface area contributed by atoms with Crippen LogP contribution in [0.4, 0.5) is 5.13 Å². The van der Waals surface area contributed by atoms with Gasteiger partial charge in [-0.2, -0.15) is 0 Å². The summed E-state index contributed by atoms with van der Waals surface area (Å²) in [7, 11) is 2.28. The highest BCUT2D eigenvalue weighted by atomic mass is 32.1. The zero-order chi connectivity index (χ0) is 17.8. The van der Waals surface area contributed by atoms with Gasteiger partial charge in [-0.05, 0) is 40.2 Å². The summed E-state index contributed by atoms with van der Waals surface area (Å²) in [6.07, 6.45) is 6.21. The molecular weight excluding hydrogens is 332 g/mol. The number of amides is 1. The summed E-state index contributed by atoms with van der Waals surface area (Å²) in [5, 5.41) is 4.12. The molecule has 2 saturated heterocycles. The van der Waals surface area contributed by atoms with E-state index in [9.17, 15) is 4.79 Å². The lowest BCUT2D eigenvalue weighted by Gasteiger charge is -2.46. The van der Waals surface area contributed by atoms with Gasteiger partial charge in [0, 0.05) is 36.6 Å². The Labute approximate surface area is 154 Å². The number of fused-ring (bicyclic) bond motifs is 1. The fourth-order valence-corrected chi connectivity index (χ4v) is 6.63. The molecule has 0 spiro atoms. The number of rotatable bonds is 3. The number of hydrogen-bond acceptors (Lipinski definition) is 5. The third kappa shape index (κ3) is 2.60. The molecule has 138 valence electrons. The summed E-state index contributed by atoms with van der Waals surface area (Å²) in [5.41, 5.74) is 1.11. The van der Waals surface area contributed by atoms with Gasteiger partial charge in [0.05, 0.1) is 5.69 Å². The lowest BCUT2D eigenvalue weighted by atomic mass is 9.71. The number of thiazole rings is 1. The van der Waals surface area contributed by atoms with E-state index in [1.54, 1.807) is 0 Å². The minimum absolute atomic E-state index is 0.205. The molecule has 1 aromatic heterocycles. The fourth-order valence-electron chi connectivity index (χ4n) is 5.64. The summed E-state index contributed by atoms with van der Waals surface area (Å²) < 4.78 is 0. The van der Waals surface area contributed by atoms with Crippen LogP contribution in [0.3, 0.4) is 0 Å². The molecule has 25 heavy (non-hydrogen) atoms. The maximum absolute atomic E-state index is 13.5. The Balaban J connectivity index is 1.67. The molecule has 3 fully saturated rings. The van der Waals surface area contributed by atoms with Gasteiger partial charge in [-0.25, -0.2) is 4.98 Å². The molecule has 1 N–H and O–H groups in total. The van der Waals surface area contributed by atoms with Gasteiger partial charge < -0.3 is 10.2 Å². The van der Waals surface area contributed by atoms with Crippen LogP contribution in [0, 0.1) is 12.3 Å². The normalized spacial score (nSPS) is 34.9. The molecule has 0 radical (unpaired) electrons. The second-order valence-electron chi connectivity index (χ2n) is 8.27. The first-order chi connectivity index (χ1) is 12.0. The molecule has 1 saturated carbocycles. The van der Waals surface area contributed by atoms with Crippen molar-refractivity contribution in [1.29, 1.82) is 0 Å². The molecule has 0 unspecified atom stereocenters. The largest absolute Gasteiger partial charge is 0.362 e. The van der Waals surface area contributed by atoms with Crippen molar-refractivity contribution in [3.05, 3.63) is 10.6 Å².